The van der Waals surface area contributed by atoms with Crippen molar-refractivity contribution in [2.45, 2.75) is 38.6 Å². The average Bonchev–Trinajstić information content (AvgIpc) is 3.22. The van der Waals surface area contributed by atoms with E-state index in [4.69, 9.17) is 16.3 Å². The molecule has 0 saturated heterocycles. The number of nitrogens with one attached hydrogen (secondary N) is 1. The molecule has 4 aromatic rings. The molecule has 0 atom stereocenters. The summed E-state index contributed by atoms with van der Waals surface area (Å²) in [6, 6.07) is 7.52. The number of aromatic nitrogens is 5. The molecule has 7 nitrogen and oxygen atoms in total. The molecular weight excluding hydrogens is 516 g/mol. The molecule has 0 spiro atoms. The first-order valence-electron chi connectivity index (χ1n) is 11.0. The molecule has 0 aliphatic heterocycles. The molecule has 13 heteroatoms. The van der Waals surface area contributed by atoms with E-state index in [1.54, 1.807) is 16.8 Å². The summed E-state index contributed by atoms with van der Waals surface area (Å²) in [5.41, 5.74) is -0.780. The second-order valence-corrected chi connectivity index (χ2v) is 15.2. The van der Waals surface area contributed by atoms with Gasteiger partial charge >= 0.3 is 6.18 Å². The van der Waals surface area contributed by atoms with E-state index < -0.39 is 25.8 Å². The van der Waals surface area contributed by atoms with E-state index in [0.717, 1.165) is 12.1 Å². The molecule has 36 heavy (non-hydrogen) atoms. The minimum Gasteiger partial charge on any atom is -0.361 e. The molecule has 4 heterocycles. The van der Waals surface area contributed by atoms with Crippen LogP contribution in [-0.2, 0) is 17.6 Å². The van der Waals surface area contributed by atoms with Gasteiger partial charge in [-0.15, -0.1) is 0 Å². The van der Waals surface area contributed by atoms with Gasteiger partial charge in [0.05, 0.1) is 11.1 Å². The molecule has 0 aliphatic rings. The molecule has 0 saturated carbocycles. The van der Waals surface area contributed by atoms with Crippen LogP contribution in [0.1, 0.15) is 5.69 Å². The Morgan fingerprint density at radius 2 is 1.86 bits per heavy atom. The molecule has 0 fully saturated rings. The van der Waals surface area contributed by atoms with E-state index in [-0.39, 0.29) is 34.9 Å². The molecule has 0 aliphatic carbocycles. The predicted octanol–water partition coefficient (Wildman–Crippen LogP) is 6.76. The lowest BCUT2D eigenvalue weighted by Gasteiger charge is -2.16. The molecular formula is C23H23ClF4N6OSi. The maximum absolute atomic E-state index is 14.5. The first-order chi connectivity index (χ1) is 16.9. The van der Waals surface area contributed by atoms with E-state index in [1.165, 1.54) is 24.4 Å². The third-order valence-corrected chi connectivity index (χ3v) is 7.18. The predicted molar refractivity (Wildman–Crippen MR) is 132 cm³/mol. The van der Waals surface area contributed by atoms with Crippen molar-refractivity contribution in [2.75, 3.05) is 11.9 Å². The van der Waals surface area contributed by atoms with E-state index in [2.05, 4.69) is 44.9 Å². The SMILES string of the molecule is C[Si](C)(C)CCOCn1ccc2c(Nc3ccnc(Cl)c3F)nc(-c3cccc(C(F)(F)F)n3)nc21. The maximum Gasteiger partial charge on any atom is 0.433 e. The Morgan fingerprint density at radius 3 is 2.58 bits per heavy atom. The normalized spacial score (nSPS) is 12.3. The Hall–Kier alpha value is -3.09. The number of anilines is 2. The van der Waals surface area contributed by atoms with Crippen LogP contribution >= 0.6 is 11.6 Å². The van der Waals surface area contributed by atoms with Crippen LogP contribution in [0.25, 0.3) is 22.6 Å². The second kappa shape index (κ2) is 10.1. The van der Waals surface area contributed by atoms with E-state index >= 15 is 0 Å². The first kappa shape index (κ1) is 26.0. The third kappa shape index (κ3) is 5.99. The van der Waals surface area contributed by atoms with E-state index in [0.29, 0.717) is 17.6 Å². The Balaban J connectivity index is 1.77. The molecule has 0 bridgehead atoms. The zero-order valence-corrected chi connectivity index (χ0v) is 21.5. The molecule has 4 aromatic heterocycles. The standard InChI is InChI=1S/C23H23ClF4N6OSi/c1-36(2,3)12-11-35-13-34-10-8-14-20(31-15-7-9-29-19(24)18(15)25)32-21(33-22(14)34)16-5-4-6-17(30-16)23(26,27)28/h4-10H,11-13H2,1-3H3,(H,29,31,32,33). The van der Waals surface area contributed by atoms with Gasteiger partial charge in [0.25, 0.3) is 0 Å². The Kier molecular flexibility index (Phi) is 7.30. The van der Waals surface area contributed by atoms with Crippen LogP contribution in [0.4, 0.5) is 29.1 Å². The number of rotatable bonds is 8. The molecule has 0 amide bonds. The van der Waals surface area contributed by atoms with Crippen LogP contribution in [0.3, 0.4) is 0 Å². The zero-order chi connectivity index (χ0) is 26.1. The van der Waals surface area contributed by atoms with Crippen LogP contribution in [0.15, 0.2) is 42.7 Å². The van der Waals surface area contributed by atoms with Gasteiger partial charge in [-0.3, -0.25) is 0 Å². The van der Waals surface area contributed by atoms with Crippen LogP contribution in [0, 0.1) is 5.82 Å². The van der Waals surface area contributed by atoms with Gasteiger partial charge in [0.15, 0.2) is 16.8 Å². The van der Waals surface area contributed by atoms with Crippen molar-refractivity contribution >= 4 is 42.2 Å². The maximum atomic E-state index is 14.5. The monoisotopic (exact) mass is 538 g/mol. The number of pyridine rings is 2. The highest BCUT2D eigenvalue weighted by atomic mass is 35.5. The molecule has 4 rings (SSSR count). The van der Waals surface area contributed by atoms with Crippen LogP contribution < -0.4 is 5.32 Å². The number of ether oxygens (including phenoxy) is 1. The van der Waals surface area contributed by atoms with Crippen LogP contribution in [-0.4, -0.2) is 39.2 Å². The summed E-state index contributed by atoms with van der Waals surface area (Å²) in [5.74, 6) is -0.700. The van der Waals surface area contributed by atoms with Crippen molar-refractivity contribution in [1.82, 2.24) is 24.5 Å². The number of fused-ring (bicyclic) bond motifs is 1. The van der Waals surface area contributed by atoms with Crippen LogP contribution in [0.5, 0.6) is 0 Å². The Morgan fingerprint density at radius 1 is 1.08 bits per heavy atom. The highest BCUT2D eigenvalue weighted by molar-refractivity contribution is 6.76. The number of hydrogen-bond acceptors (Lipinski definition) is 6. The smallest absolute Gasteiger partial charge is 0.361 e. The fraction of sp³-hybridized carbons (Fsp3) is 0.304. The summed E-state index contributed by atoms with van der Waals surface area (Å²) >= 11 is 5.80. The highest BCUT2D eigenvalue weighted by Crippen LogP contribution is 2.32. The Labute approximate surface area is 210 Å². The van der Waals surface area contributed by atoms with E-state index in [9.17, 15) is 17.6 Å². The van der Waals surface area contributed by atoms with Crippen molar-refractivity contribution < 1.29 is 22.3 Å². The van der Waals surface area contributed by atoms with Crippen LogP contribution in [0.2, 0.25) is 30.8 Å². The Bertz CT molecular complexity index is 1390. The summed E-state index contributed by atoms with van der Waals surface area (Å²) in [5, 5.41) is 3.03. The van der Waals surface area contributed by atoms with Gasteiger partial charge < -0.3 is 14.6 Å². The molecule has 190 valence electrons. The van der Waals surface area contributed by atoms with Crippen molar-refractivity contribution in [3.05, 3.63) is 59.4 Å². The minimum absolute atomic E-state index is 0.00270. The molecule has 0 unspecified atom stereocenters. The van der Waals surface area contributed by atoms with Gasteiger partial charge in [0, 0.05) is 27.1 Å². The summed E-state index contributed by atoms with van der Waals surface area (Å²) in [4.78, 5) is 16.2. The van der Waals surface area contributed by atoms with Crippen molar-refractivity contribution in [2.24, 2.45) is 0 Å². The number of nitrogens with zero attached hydrogens (tertiary/aromatic N) is 5. The topological polar surface area (TPSA) is 77.8 Å². The van der Waals surface area contributed by atoms with Gasteiger partial charge in [-0.05, 0) is 30.3 Å². The largest absolute Gasteiger partial charge is 0.433 e. The number of alkyl halides is 3. The number of halogens is 5. The van der Waals surface area contributed by atoms with Crippen molar-refractivity contribution in [3.63, 3.8) is 0 Å². The second-order valence-electron chi connectivity index (χ2n) is 9.26. The third-order valence-electron chi connectivity index (χ3n) is 5.21. The van der Waals surface area contributed by atoms with Gasteiger partial charge in [-0.1, -0.05) is 37.3 Å². The molecule has 1 N–H and O–H groups in total. The fourth-order valence-electron chi connectivity index (χ4n) is 3.28. The van der Waals surface area contributed by atoms with Crippen molar-refractivity contribution in [3.8, 4) is 11.5 Å². The van der Waals surface area contributed by atoms with Gasteiger partial charge in [-0.25, -0.2) is 24.3 Å². The fourth-order valence-corrected chi connectivity index (χ4v) is 4.19. The van der Waals surface area contributed by atoms with Gasteiger partial charge in [-0.2, -0.15) is 13.2 Å². The lowest BCUT2D eigenvalue weighted by molar-refractivity contribution is -0.141. The first-order valence-corrected chi connectivity index (χ1v) is 15.1. The van der Waals surface area contributed by atoms with Crippen molar-refractivity contribution in [1.29, 1.82) is 0 Å². The summed E-state index contributed by atoms with van der Waals surface area (Å²) < 4.78 is 61.9. The summed E-state index contributed by atoms with van der Waals surface area (Å²) in [7, 11) is -1.29. The van der Waals surface area contributed by atoms with Gasteiger partial charge in [0.1, 0.15) is 29.6 Å². The quantitative estimate of drug-likeness (QED) is 0.116. The number of hydrogen-bond donors (Lipinski definition) is 1. The molecule has 0 aromatic carbocycles. The minimum atomic E-state index is -4.64. The molecule has 0 radical (unpaired) electrons. The lowest BCUT2D eigenvalue weighted by atomic mass is 10.2. The zero-order valence-electron chi connectivity index (χ0n) is 19.7. The van der Waals surface area contributed by atoms with E-state index in [1.807, 2.05) is 0 Å². The van der Waals surface area contributed by atoms with Gasteiger partial charge in [0.2, 0.25) is 0 Å². The summed E-state index contributed by atoms with van der Waals surface area (Å²) in [6.45, 7) is 7.46. The highest BCUT2D eigenvalue weighted by Gasteiger charge is 2.32. The lowest BCUT2D eigenvalue weighted by Crippen LogP contribution is -2.22. The average molecular weight is 539 g/mol. The summed E-state index contributed by atoms with van der Waals surface area (Å²) in [6.07, 6.45) is -1.60.